The van der Waals surface area contributed by atoms with Crippen molar-refractivity contribution in [2.45, 2.75) is 31.7 Å². The van der Waals surface area contributed by atoms with Gasteiger partial charge in [0.05, 0.1) is 0 Å². The van der Waals surface area contributed by atoms with Gasteiger partial charge in [-0.1, -0.05) is 0 Å². The molecule has 1 aliphatic rings. The average Bonchev–Trinajstić information content (AvgIpc) is 2.19. The monoisotopic (exact) mass is 199 g/mol. The molecule has 0 saturated carbocycles. The summed E-state index contributed by atoms with van der Waals surface area (Å²) in [5.41, 5.74) is 6.19. The zero-order valence-electron chi connectivity index (χ0n) is 9.63. The van der Waals surface area contributed by atoms with Gasteiger partial charge in [-0.15, -0.1) is 0 Å². The molecule has 0 aromatic rings. The normalized spacial score (nSPS) is 22.5. The van der Waals surface area contributed by atoms with E-state index in [-0.39, 0.29) is 0 Å². The van der Waals surface area contributed by atoms with Crippen LogP contribution in [0.1, 0.15) is 25.7 Å². The van der Waals surface area contributed by atoms with Gasteiger partial charge >= 0.3 is 0 Å². The van der Waals surface area contributed by atoms with Crippen LogP contribution in [0.3, 0.4) is 0 Å². The van der Waals surface area contributed by atoms with Crippen LogP contribution in [0.2, 0.25) is 0 Å². The van der Waals surface area contributed by atoms with Crippen molar-refractivity contribution in [1.82, 2.24) is 10.2 Å². The van der Waals surface area contributed by atoms with Gasteiger partial charge in [0.25, 0.3) is 0 Å². The van der Waals surface area contributed by atoms with Gasteiger partial charge in [-0.05, 0) is 65.3 Å². The highest BCUT2D eigenvalue weighted by molar-refractivity contribution is 4.78. The molecule has 1 fully saturated rings. The largest absolute Gasteiger partial charge is 0.327 e. The summed E-state index contributed by atoms with van der Waals surface area (Å²) in [7, 11) is 4.20. The summed E-state index contributed by atoms with van der Waals surface area (Å²) >= 11 is 0. The van der Waals surface area contributed by atoms with Gasteiger partial charge in [0.15, 0.2) is 0 Å². The van der Waals surface area contributed by atoms with E-state index in [1.54, 1.807) is 0 Å². The molecule has 3 N–H and O–H groups in total. The Bertz CT molecular complexity index is 141. The van der Waals surface area contributed by atoms with Gasteiger partial charge in [0, 0.05) is 6.04 Å². The first-order chi connectivity index (χ1) is 6.74. The molecule has 0 radical (unpaired) electrons. The fourth-order valence-electron chi connectivity index (χ4n) is 2.21. The highest BCUT2D eigenvalue weighted by atomic mass is 15.1. The van der Waals surface area contributed by atoms with Crippen LogP contribution in [0.5, 0.6) is 0 Å². The standard InChI is InChI=1S/C11H25N3/c1-13-7-3-4-11(12)10-5-8-14(2)9-6-10/h10-11,13H,3-9,12H2,1-2H3. The predicted molar refractivity (Wildman–Crippen MR) is 61.4 cm³/mol. The van der Waals surface area contributed by atoms with Crippen molar-refractivity contribution in [3.8, 4) is 0 Å². The zero-order chi connectivity index (χ0) is 10.4. The molecule has 1 saturated heterocycles. The lowest BCUT2D eigenvalue weighted by atomic mass is 9.88. The zero-order valence-corrected chi connectivity index (χ0v) is 9.63. The summed E-state index contributed by atoms with van der Waals surface area (Å²) in [5, 5.41) is 3.17. The third kappa shape index (κ3) is 3.95. The molecule has 14 heavy (non-hydrogen) atoms. The minimum Gasteiger partial charge on any atom is -0.327 e. The molecule has 1 atom stereocenters. The minimum atomic E-state index is 0.428. The first kappa shape index (κ1) is 12.0. The number of rotatable bonds is 5. The van der Waals surface area contributed by atoms with Crippen LogP contribution in [0, 0.1) is 5.92 Å². The lowest BCUT2D eigenvalue weighted by molar-refractivity contribution is 0.194. The fourth-order valence-corrected chi connectivity index (χ4v) is 2.21. The molecule has 0 aliphatic carbocycles. The Hall–Kier alpha value is -0.120. The van der Waals surface area contributed by atoms with Crippen LogP contribution in [-0.4, -0.2) is 44.7 Å². The first-order valence-electron chi connectivity index (χ1n) is 5.82. The summed E-state index contributed by atoms with van der Waals surface area (Å²) in [4.78, 5) is 2.40. The van der Waals surface area contributed by atoms with Crippen molar-refractivity contribution in [3.63, 3.8) is 0 Å². The van der Waals surface area contributed by atoms with Crippen LogP contribution in [-0.2, 0) is 0 Å². The molecule has 0 aromatic heterocycles. The maximum absolute atomic E-state index is 6.19. The quantitative estimate of drug-likeness (QED) is 0.639. The van der Waals surface area contributed by atoms with E-state index in [0.29, 0.717) is 6.04 Å². The van der Waals surface area contributed by atoms with Crippen molar-refractivity contribution >= 4 is 0 Å². The highest BCUT2D eigenvalue weighted by Crippen LogP contribution is 2.20. The van der Waals surface area contributed by atoms with Gasteiger partial charge in [0.2, 0.25) is 0 Å². The molecule has 0 spiro atoms. The van der Waals surface area contributed by atoms with E-state index in [2.05, 4.69) is 17.3 Å². The molecule has 1 unspecified atom stereocenters. The lowest BCUT2D eigenvalue weighted by Crippen LogP contribution is -2.39. The van der Waals surface area contributed by atoms with Crippen molar-refractivity contribution in [2.24, 2.45) is 11.7 Å². The molecule has 0 aromatic carbocycles. The molecule has 1 rings (SSSR count). The molecule has 1 heterocycles. The maximum atomic E-state index is 6.19. The summed E-state index contributed by atoms with van der Waals surface area (Å²) in [6, 6.07) is 0.428. The molecule has 1 aliphatic heterocycles. The highest BCUT2D eigenvalue weighted by Gasteiger charge is 2.21. The number of nitrogens with zero attached hydrogens (tertiary/aromatic N) is 1. The Morgan fingerprint density at radius 3 is 2.64 bits per heavy atom. The van der Waals surface area contributed by atoms with E-state index < -0.39 is 0 Å². The summed E-state index contributed by atoms with van der Waals surface area (Å²) < 4.78 is 0. The van der Waals surface area contributed by atoms with Crippen LogP contribution in [0.25, 0.3) is 0 Å². The third-order valence-corrected chi connectivity index (χ3v) is 3.33. The number of hydrogen-bond donors (Lipinski definition) is 2. The third-order valence-electron chi connectivity index (χ3n) is 3.33. The van der Waals surface area contributed by atoms with Crippen LogP contribution in [0.15, 0.2) is 0 Å². The molecular weight excluding hydrogens is 174 g/mol. The van der Waals surface area contributed by atoms with Gasteiger partial charge in [-0.2, -0.15) is 0 Å². The second-order valence-corrected chi connectivity index (χ2v) is 4.55. The smallest absolute Gasteiger partial charge is 0.00685 e. The number of likely N-dealkylation sites (tertiary alicyclic amines) is 1. The number of nitrogens with one attached hydrogen (secondary N) is 1. The van der Waals surface area contributed by atoms with Crippen molar-refractivity contribution in [2.75, 3.05) is 33.7 Å². The topological polar surface area (TPSA) is 41.3 Å². The first-order valence-corrected chi connectivity index (χ1v) is 5.82. The molecule has 0 bridgehead atoms. The van der Waals surface area contributed by atoms with E-state index in [4.69, 9.17) is 5.73 Å². The summed E-state index contributed by atoms with van der Waals surface area (Å²) in [6.45, 7) is 3.55. The molecule has 3 heteroatoms. The minimum absolute atomic E-state index is 0.428. The lowest BCUT2D eigenvalue weighted by Gasteiger charge is -2.32. The number of hydrogen-bond acceptors (Lipinski definition) is 3. The maximum Gasteiger partial charge on any atom is 0.00685 e. The van der Waals surface area contributed by atoms with E-state index >= 15 is 0 Å². The second-order valence-electron chi connectivity index (χ2n) is 4.55. The number of nitrogens with two attached hydrogens (primary N) is 1. The van der Waals surface area contributed by atoms with Crippen molar-refractivity contribution in [1.29, 1.82) is 0 Å². The van der Waals surface area contributed by atoms with Crippen molar-refractivity contribution < 1.29 is 0 Å². The van der Waals surface area contributed by atoms with E-state index in [9.17, 15) is 0 Å². The summed E-state index contributed by atoms with van der Waals surface area (Å²) in [5.74, 6) is 0.767. The predicted octanol–water partition coefficient (Wildman–Crippen LogP) is 0.655. The van der Waals surface area contributed by atoms with E-state index in [1.165, 1.54) is 38.8 Å². The average molecular weight is 199 g/mol. The van der Waals surface area contributed by atoms with Gasteiger partial charge in [-0.3, -0.25) is 0 Å². The number of piperidine rings is 1. The SMILES string of the molecule is CNCCCC(N)C1CCN(C)CC1. The van der Waals surface area contributed by atoms with Crippen LogP contribution < -0.4 is 11.1 Å². The van der Waals surface area contributed by atoms with Gasteiger partial charge in [-0.25, -0.2) is 0 Å². The molecule has 84 valence electrons. The Morgan fingerprint density at radius 1 is 1.43 bits per heavy atom. The molecule has 0 amide bonds. The fraction of sp³-hybridized carbons (Fsp3) is 1.00. The Labute approximate surface area is 88.0 Å². The van der Waals surface area contributed by atoms with Gasteiger partial charge < -0.3 is 16.0 Å². The van der Waals surface area contributed by atoms with Gasteiger partial charge in [0.1, 0.15) is 0 Å². The summed E-state index contributed by atoms with van der Waals surface area (Å²) in [6.07, 6.45) is 4.97. The second kappa shape index (κ2) is 6.38. The molecular formula is C11H25N3. The van der Waals surface area contributed by atoms with E-state index in [0.717, 1.165) is 12.5 Å². The van der Waals surface area contributed by atoms with E-state index in [1.807, 2.05) is 7.05 Å². The van der Waals surface area contributed by atoms with Crippen LogP contribution in [0.4, 0.5) is 0 Å². The Balaban J connectivity index is 2.13. The Morgan fingerprint density at radius 2 is 2.07 bits per heavy atom. The molecule has 3 nitrogen and oxygen atoms in total. The Kier molecular flexibility index (Phi) is 5.45. The van der Waals surface area contributed by atoms with Crippen LogP contribution >= 0.6 is 0 Å². The van der Waals surface area contributed by atoms with Crippen molar-refractivity contribution in [3.05, 3.63) is 0 Å².